The van der Waals surface area contributed by atoms with Gasteiger partial charge in [0.2, 0.25) is 5.91 Å². The van der Waals surface area contributed by atoms with Crippen molar-refractivity contribution >= 4 is 17.5 Å². The maximum Gasteiger partial charge on any atom is 0.237 e. The Hall–Kier alpha value is -1.26. The second-order valence-electron chi connectivity index (χ2n) is 4.90. The molecule has 0 aliphatic rings. The molecule has 0 saturated carbocycles. The van der Waals surface area contributed by atoms with Gasteiger partial charge >= 0.3 is 0 Å². The predicted molar refractivity (Wildman–Crippen MR) is 77.4 cm³/mol. The minimum Gasteiger partial charge on any atom is -0.489 e. The van der Waals surface area contributed by atoms with Crippen LogP contribution in [-0.2, 0) is 4.79 Å². The number of carbonyl (C=O) groups is 1. The third-order valence-electron chi connectivity index (χ3n) is 2.74. The zero-order valence-electron chi connectivity index (χ0n) is 11.5. The first-order chi connectivity index (χ1) is 8.90. The minimum absolute atomic E-state index is 0.118. The summed E-state index contributed by atoms with van der Waals surface area (Å²) in [5.74, 6) is 0.688. The van der Waals surface area contributed by atoms with E-state index in [4.69, 9.17) is 22.1 Å². The van der Waals surface area contributed by atoms with Crippen LogP contribution in [0, 0.1) is 5.92 Å². The van der Waals surface area contributed by atoms with Crippen molar-refractivity contribution in [1.29, 1.82) is 0 Å². The number of carbonyl (C=O) groups excluding carboxylic acids is 1. The largest absolute Gasteiger partial charge is 0.489 e. The van der Waals surface area contributed by atoms with Crippen molar-refractivity contribution in [2.75, 3.05) is 6.54 Å². The van der Waals surface area contributed by atoms with E-state index in [-0.39, 0.29) is 17.9 Å². The van der Waals surface area contributed by atoms with Gasteiger partial charge < -0.3 is 15.8 Å². The van der Waals surface area contributed by atoms with Gasteiger partial charge in [-0.2, -0.15) is 0 Å². The van der Waals surface area contributed by atoms with Crippen molar-refractivity contribution in [3.63, 3.8) is 0 Å². The van der Waals surface area contributed by atoms with Crippen LogP contribution in [-0.4, -0.2) is 24.6 Å². The fourth-order valence-corrected chi connectivity index (χ4v) is 1.58. The summed E-state index contributed by atoms with van der Waals surface area (Å²) in [6.07, 6.45) is -0.135. The molecule has 0 radical (unpaired) electrons. The highest BCUT2D eigenvalue weighted by Gasteiger charge is 2.17. The summed E-state index contributed by atoms with van der Waals surface area (Å²) in [5.41, 5.74) is 5.75. The Labute approximate surface area is 119 Å². The lowest BCUT2D eigenvalue weighted by atomic mass is 10.1. The molecule has 1 rings (SSSR count). The lowest BCUT2D eigenvalue weighted by Gasteiger charge is -2.19. The lowest BCUT2D eigenvalue weighted by Crippen LogP contribution is -2.46. The maximum atomic E-state index is 11.7. The van der Waals surface area contributed by atoms with Crippen LogP contribution in [0.5, 0.6) is 5.75 Å². The van der Waals surface area contributed by atoms with E-state index >= 15 is 0 Å². The molecule has 0 saturated heterocycles. The molecule has 2 atom stereocenters. The molecule has 5 heteroatoms. The highest BCUT2D eigenvalue weighted by atomic mass is 35.5. The van der Waals surface area contributed by atoms with Crippen molar-refractivity contribution in [1.82, 2.24) is 5.32 Å². The van der Waals surface area contributed by atoms with E-state index in [2.05, 4.69) is 5.32 Å². The van der Waals surface area contributed by atoms with Gasteiger partial charge in [0.15, 0.2) is 0 Å². The first kappa shape index (κ1) is 15.8. The Bertz CT molecular complexity index is 406. The third kappa shape index (κ3) is 5.49. The number of nitrogens with one attached hydrogen (secondary N) is 1. The summed E-state index contributed by atoms with van der Waals surface area (Å²) in [4.78, 5) is 11.7. The molecule has 1 aromatic carbocycles. The van der Waals surface area contributed by atoms with Gasteiger partial charge in [-0.15, -0.1) is 0 Å². The van der Waals surface area contributed by atoms with Crippen LogP contribution >= 0.6 is 11.6 Å². The molecule has 0 heterocycles. The molecule has 1 aromatic rings. The number of halogens is 1. The Kier molecular flexibility index (Phi) is 6.12. The van der Waals surface area contributed by atoms with Gasteiger partial charge in [-0.1, -0.05) is 25.4 Å². The smallest absolute Gasteiger partial charge is 0.237 e. The lowest BCUT2D eigenvalue weighted by molar-refractivity contribution is -0.123. The molecule has 1 unspecified atom stereocenters. The van der Waals surface area contributed by atoms with Crippen molar-refractivity contribution in [2.24, 2.45) is 11.7 Å². The molecule has 106 valence electrons. The van der Waals surface area contributed by atoms with Gasteiger partial charge in [0.25, 0.3) is 0 Å². The molecule has 0 aliphatic carbocycles. The molecule has 19 heavy (non-hydrogen) atoms. The average Bonchev–Trinajstić information content (AvgIpc) is 2.37. The van der Waals surface area contributed by atoms with Gasteiger partial charge in [0.05, 0.1) is 12.6 Å². The van der Waals surface area contributed by atoms with Crippen LogP contribution in [0.15, 0.2) is 24.3 Å². The van der Waals surface area contributed by atoms with Crippen LogP contribution in [0.2, 0.25) is 5.02 Å². The van der Waals surface area contributed by atoms with Gasteiger partial charge in [0, 0.05) is 5.02 Å². The van der Waals surface area contributed by atoms with Crippen molar-refractivity contribution in [3.8, 4) is 5.75 Å². The Morgan fingerprint density at radius 1 is 1.32 bits per heavy atom. The Morgan fingerprint density at radius 2 is 1.89 bits per heavy atom. The Balaban J connectivity index is 2.37. The summed E-state index contributed by atoms with van der Waals surface area (Å²) in [6.45, 7) is 6.13. The average molecular weight is 285 g/mol. The van der Waals surface area contributed by atoms with E-state index in [0.29, 0.717) is 11.6 Å². The molecule has 4 nitrogen and oxygen atoms in total. The van der Waals surface area contributed by atoms with Crippen LogP contribution in [0.3, 0.4) is 0 Å². The monoisotopic (exact) mass is 284 g/mol. The quantitative estimate of drug-likeness (QED) is 0.842. The van der Waals surface area contributed by atoms with E-state index in [0.717, 1.165) is 5.75 Å². The standard InChI is InChI=1S/C14H21ClN2O2/c1-9(2)13(16)14(18)17-8-10(3)19-12-6-4-11(15)5-7-12/h4-7,9-10,13H,8,16H2,1-3H3,(H,17,18)/t10?,13-/m0/s1. The van der Waals surface area contributed by atoms with Crippen LogP contribution in [0.4, 0.5) is 0 Å². The molecular formula is C14H21ClN2O2. The normalized spacial score (nSPS) is 14.0. The number of rotatable bonds is 6. The van der Waals surface area contributed by atoms with Crippen molar-refractivity contribution < 1.29 is 9.53 Å². The summed E-state index contributed by atoms with van der Waals surface area (Å²) < 4.78 is 5.65. The van der Waals surface area contributed by atoms with Crippen LogP contribution in [0.25, 0.3) is 0 Å². The number of hydrogen-bond donors (Lipinski definition) is 2. The van der Waals surface area contributed by atoms with Crippen LogP contribution in [0.1, 0.15) is 20.8 Å². The predicted octanol–water partition coefficient (Wildman–Crippen LogP) is 2.21. The van der Waals surface area contributed by atoms with Gasteiger partial charge in [-0.05, 0) is 37.1 Å². The summed E-state index contributed by atoms with van der Waals surface area (Å²) in [7, 11) is 0. The summed E-state index contributed by atoms with van der Waals surface area (Å²) in [5, 5.41) is 3.44. The molecule has 3 N–H and O–H groups in total. The number of nitrogens with two attached hydrogens (primary N) is 1. The first-order valence-corrected chi connectivity index (χ1v) is 6.73. The van der Waals surface area contributed by atoms with Crippen molar-refractivity contribution in [3.05, 3.63) is 29.3 Å². The molecule has 0 fully saturated rings. The second kappa shape index (κ2) is 7.36. The molecule has 0 aromatic heterocycles. The Morgan fingerprint density at radius 3 is 2.42 bits per heavy atom. The fourth-order valence-electron chi connectivity index (χ4n) is 1.45. The molecule has 0 bridgehead atoms. The van der Waals surface area contributed by atoms with Gasteiger partial charge in [-0.25, -0.2) is 0 Å². The minimum atomic E-state index is -0.484. The highest BCUT2D eigenvalue weighted by Crippen LogP contribution is 2.16. The number of ether oxygens (including phenoxy) is 1. The first-order valence-electron chi connectivity index (χ1n) is 6.35. The molecule has 0 aliphatic heterocycles. The number of benzene rings is 1. The second-order valence-corrected chi connectivity index (χ2v) is 5.33. The van der Waals surface area contributed by atoms with Crippen LogP contribution < -0.4 is 15.8 Å². The van der Waals surface area contributed by atoms with E-state index < -0.39 is 6.04 Å². The zero-order valence-corrected chi connectivity index (χ0v) is 12.3. The topological polar surface area (TPSA) is 64.4 Å². The van der Waals surface area contributed by atoms with E-state index in [9.17, 15) is 4.79 Å². The molecule has 1 amide bonds. The SMILES string of the molecule is CC(CNC(=O)[C@@H](N)C(C)C)Oc1ccc(Cl)cc1. The highest BCUT2D eigenvalue weighted by molar-refractivity contribution is 6.30. The van der Waals surface area contributed by atoms with Crippen molar-refractivity contribution in [2.45, 2.75) is 32.9 Å². The van der Waals surface area contributed by atoms with E-state index in [1.54, 1.807) is 24.3 Å². The zero-order chi connectivity index (χ0) is 14.4. The molecular weight excluding hydrogens is 264 g/mol. The third-order valence-corrected chi connectivity index (χ3v) is 2.99. The number of amides is 1. The summed E-state index contributed by atoms with van der Waals surface area (Å²) >= 11 is 5.79. The molecule has 0 spiro atoms. The van der Waals surface area contributed by atoms with E-state index in [1.165, 1.54) is 0 Å². The summed E-state index contributed by atoms with van der Waals surface area (Å²) in [6, 6.07) is 6.62. The maximum absolute atomic E-state index is 11.7. The fraction of sp³-hybridized carbons (Fsp3) is 0.500. The van der Waals surface area contributed by atoms with E-state index in [1.807, 2.05) is 20.8 Å². The van der Waals surface area contributed by atoms with Gasteiger partial charge in [0.1, 0.15) is 11.9 Å². The van der Waals surface area contributed by atoms with Gasteiger partial charge in [-0.3, -0.25) is 4.79 Å². The number of hydrogen-bond acceptors (Lipinski definition) is 3.